The predicted molar refractivity (Wildman–Crippen MR) is 134 cm³/mol. The second kappa shape index (κ2) is 9.61. The number of halogens is 1. The number of hydrogen-bond donors (Lipinski definition) is 1. The summed E-state index contributed by atoms with van der Waals surface area (Å²) in [5.41, 5.74) is 3.83. The molecule has 0 spiro atoms. The zero-order valence-electron chi connectivity index (χ0n) is 20.8. The topological polar surface area (TPSA) is 85.3 Å². The Labute approximate surface area is 210 Å². The molecule has 36 heavy (non-hydrogen) atoms. The monoisotopic (exact) mass is 492 g/mol. The standard InChI is InChI=1S/C27H33FN6O2/c1-19-2-3-23-24(33-19)21(22(28)17-29-23)4-5-27-8-6-26(7-9-27,18-36-27)32-16-20-14-30-25(31-15-20)34-10-12-35-13-11-34/h2-3,14-15,17,32H,4-13,16,18H2,1H3. The van der Waals surface area contributed by atoms with Crippen molar-refractivity contribution >= 4 is 17.0 Å². The number of pyridine rings is 2. The van der Waals surface area contributed by atoms with E-state index in [9.17, 15) is 4.39 Å². The number of nitrogens with zero attached hydrogens (tertiary/aromatic N) is 5. The fourth-order valence-electron chi connectivity index (χ4n) is 5.75. The van der Waals surface area contributed by atoms with Crippen LogP contribution in [-0.4, -0.2) is 64.0 Å². The third-order valence-corrected chi connectivity index (χ3v) is 8.16. The molecular formula is C27H33FN6O2. The van der Waals surface area contributed by atoms with Crippen molar-refractivity contribution in [2.75, 3.05) is 37.8 Å². The van der Waals surface area contributed by atoms with Gasteiger partial charge in [0.15, 0.2) is 0 Å². The first-order valence-electron chi connectivity index (χ1n) is 13.0. The predicted octanol–water partition coefficient (Wildman–Crippen LogP) is 3.51. The first-order chi connectivity index (χ1) is 17.5. The summed E-state index contributed by atoms with van der Waals surface area (Å²) in [4.78, 5) is 20.1. The Kier molecular flexibility index (Phi) is 6.31. The van der Waals surface area contributed by atoms with Gasteiger partial charge in [-0.15, -0.1) is 0 Å². The van der Waals surface area contributed by atoms with Gasteiger partial charge in [0.2, 0.25) is 5.95 Å². The van der Waals surface area contributed by atoms with Crippen molar-refractivity contribution < 1.29 is 13.9 Å². The molecule has 3 aromatic heterocycles. The van der Waals surface area contributed by atoms with Gasteiger partial charge in [0.05, 0.1) is 42.7 Å². The normalized spacial score (nSPS) is 26.0. The zero-order valence-corrected chi connectivity index (χ0v) is 20.8. The van der Waals surface area contributed by atoms with Crippen LogP contribution in [0, 0.1) is 12.7 Å². The average molecular weight is 493 g/mol. The summed E-state index contributed by atoms with van der Waals surface area (Å²) in [5.74, 6) is 0.494. The maximum Gasteiger partial charge on any atom is 0.225 e. The van der Waals surface area contributed by atoms with E-state index in [4.69, 9.17) is 9.47 Å². The fourth-order valence-corrected chi connectivity index (χ4v) is 5.75. The summed E-state index contributed by atoms with van der Waals surface area (Å²) < 4.78 is 26.6. The summed E-state index contributed by atoms with van der Waals surface area (Å²) in [6.07, 6.45) is 10.6. The summed E-state index contributed by atoms with van der Waals surface area (Å²) >= 11 is 0. The van der Waals surface area contributed by atoms with E-state index in [1.165, 1.54) is 6.20 Å². The molecular weight excluding hydrogens is 459 g/mol. The molecule has 2 bridgehead atoms. The second-order valence-corrected chi connectivity index (χ2v) is 10.5. The van der Waals surface area contributed by atoms with Crippen LogP contribution in [-0.2, 0) is 22.4 Å². The van der Waals surface area contributed by atoms with E-state index in [2.05, 4.69) is 30.2 Å². The van der Waals surface area contributed by atoms with E-state index >= 15 is 0 Å². The molecule has 1 N–H and O–H groups in total. The number of aromatic nitrogens is 4. The highest BCUT2D eigenvalue weighted by molar-refractivity contribution is 5.77. The molecule has 0 unspecified atom stereocenters. The second-order valence-electron chi connectivity index (χ2n) is 10.5. The van der Waals surface area contributed by atoms with Crippen LogP contribution in [0.1, 0.15) is 48.9 Å². The van der Waals surface area contributed by atoms with Crippen LogP contribution < -0.4 is 10.2 Å². The highest BCUT2D eigenvalue weighted by Crippen LogP contribution is 2.46. The smallest absolute Gasteiger partial charge is 0.225 e. The third kappa shape index (κ3) is 4.67. The van der Waals surface area contributed by atoms with Gasteiger partial charge in [-0.2, -0.15) is 0 Å². The molecule has 0 atom stereocenters. The van der Waals surface area contributed by atoms with Crippen LogP contribution >= 0.6 is 0 Å². The van der Waals surface area contributed by atoms with Crippen LogP contribution in [0.4, 0.5) is 10.3 Å². The molecule has 6 heterocycles. The van der Waals surface area contributed by atoms with Crippen LogP contribution in [0.5, 0.6) is 0 Å². The lowest BCUT2D eigenvalue weighted by Crippen LogP contribution is -2.61. The Morgan fingerprint density at radius 1 is 1.03 bits per heavy atom. The van der Waals surface area contributed by atoms with E-state index in [1.807, 2.05) is 31.5 Å². The van der Waals surface area contributed by atoms with Gasteiger partial charge in [-0.3, -0.25) is 9.97 Å². The minimum absolute atomic E-state index is 0.0160. The average Bonchev–Trinajstić information content (AvgIpc) is 2.93. The summed E-state index contributed by atoms with van der Waals surface area (Å²) in [6, 6.07) is 3.83. The first-order valence-corrected chi connectivity index (χ1v) is 13.0. The minimum atomic E-state index is -0.276. The Bertz CT molecular complexity index is 1200. The number of fused-ring (bicyclic) bond motifs is 4. The van der Waals surface area contributed by atoms with Crippen LogP contribution in [0.2, 0.25) is 0 Å². The molecule has 3 saturated heterocycles. The Hall–Kier alpha value is -2.75. The Morgan fingerprint density at radius 3 is 2.53 bits per heavy atom. The quantitative estimate of drug-likeness (QED) is 0.537. The lowest BCUT2D eigenvalue weighted by atomic mass is 9.69. The Balaban J connectivity index is 1.06. The molecule has 3 aliphatic heterocycles. The van der Waals surface area contributed by atoms with E-state index < -0.39 is 0 Å². The van der Waals surface area contributed by atoms with Crippen molar-refractivity contribution in [1.82, 2.24) is 25.3 Å². The van der Waals surface area contributed by atoms with Crippen LogP contribution in [0.25, 0.3) is 11.0 Å². The van der Waals surface area contributed by atoms with Crippen molar-refractivity contribution in [3.8, 4) is 0 Å². The molecule has 190 valence electrons. The van der Waals surface area contributed by atoms with Gasteiger partial charge >= 0.3 is 0 Å². The van der Waals surface area contributed by atoms with Crippen molar-refractivity contribution in [1.29, 1.82) is 0 Å². The molecule has 1 saturated carbocycles. The fraction of sp³-hybridized carbons (Fsp3) is 0.556. The maximum atomic E-state index is 14.7. The van der Waals surface area contributed by atoms with Gasteiger partial charge in [-0.1, -0.05) is 0 Å². The van der Waals surface area contributed by atoms with Crippen molar-refractivity contribution in [2.24, 2.45) is 0 Å². The molecule has 4 aliphatic rings. The number of morpholine rings is 1. The minimum Gasteiger partial charge on any atom is -0.378 e. The summed E-state index contributed by atoms with van der Waals surface area (Å²) in [5, 5.41) is 3.75. The molecule has 7 rings (SSSR count). The van der Waals surface area contributed by atoms with Crippen LogP contribution in [0.3, 0.4) is 0 Å². The van der Waals surface area contributed by atoms with Gasteiger partial charge in [-0.05, 0) is 57.6 Å². The number of rotatable bonds is 7. The molecule has 0 amide bonds. The van der Waals surface area contributed by atoms with Gasteiger partial charge < -0.3 is 19.7 Å². The molecule has 0 radical (unpaired) electrons. The van der Waals surface area contributed by atoms with E-state index in [-0.39, 0.29) is 17.0 Å². The summed E-state index contributed by atoms with van der Waals surface area (Å²) in [6.45, 7) is 6.44. The number of anilines is 1. The maximum absolute atomic E-state index is 14.7. The van der Waals surface area contributed by atoms with Crippen molar-refractivity contribution in [2.45, 2.75) is 63.1 Å². The van der Waals surface area contributed by atoms with E-state index in [0.717, 1.165) is 87.7 Å². The zero-order chi connectivity index (χ0) is 24.6. The van der Waals surface area contributed by atoms with Gasteiger partial charge in [0, 0.05) is 54.4 Å². The first kappa shape index (κ1) is 23.6. The molecule has 8 nitrogen and oxygen atoms in total. The van der Waals surface area contributed by atoms with Gasteiger partial charge in [0.1, 0.15) is 5.82 Å². The lowest BCUT2D eigenvalue weighted by Gasteiger charge is -2.53. The highest BCUT2D eigenvalue weighted by atomic mass is 19.1. The lowest BCUT2D eigenvalue weighted by molar-refractivity contribution is -0.165. The van der Waals surface area contributed by atoms with Gasteiger partial charge in [0.25, 0.3) is 0 Å². The van der Waals surface area contributed by atoms with E-state index in [1.54, 1.807) is 0 Å². The molecule has 9 heteroatoms. The van der Waals surface area contributed by atoms with Crippen molar-refractivity contribution in [3.63, 3.8) is 0 Å². The molecule has 4 fully saturated rings. The molecule has 3 aromatic rings. The van der Waals surface area contributed by atoms with Crippen LogP contribution in [0.15, 0.2) is 30.7 Å². The number of nitrogens with one attached hydrogen (secondary N) is 1. The summed E-state index contributed by atoms with van der Waals surface area (Å²) in [7, 11) is 0. The Morgan fingerprint density at radius 2 is 1.81 bits per heavy atom. The molecule has 1 aliphatic carbocycles. The molecule has 0 aromatic carbocycles. The van der Waals surface area contributed by atoms with E-state index in [0.29, 0.717) is 24.1 Å². The van der Waals surface area contributed by atoms with Crippen molar-refractivity contribution in [3.05, 3.63) is 53.4 Å². The third-order valence-electron chi connectivity index (χ3n) is 8.16. The number of ether oxygens (including phenoxy) is 2. The largest absolute Gasteiger partial charge is 0.378 e. The number of hydrogen-bond acceptors (Lipinski definition) is 8. The SMILES string of the molecule is Cc1ccc2ncc(F)c(CCC34CCC(NCc5cnc(N6CCOCC6)nc5)(CC3)CO4)c2n1. The highest BCUT2D eigenvalue weighted by Gasteiger charge is 2.49. The number of aryl methyl sites for hydroxylation is 2. The van der Waals surface area contributed by atoms with Gasteiger partial charge in [-0.25, -0.2) is 14.4 Å².